The van der Waals surface area contributed by atoms with E-state index in [-0.39, 0.29) is 0 Å². The van der Waals surface area contributed by atoms with E-state index in [0.29, 0.717) is 6.04 Å². The predicted molar refractivity (Wildman–Crippen MR) is 76.7 cm³/mol. The summed E-state index contributed by atoms with van der Waals surface area (Å²) < 4.78 is 0. The zero-order chi connectivity index (χ0) is 12.6. The molecule has 0 spiro atoms. The molecule has 4 aliphatic carbocycles. The predicted octanol–water partition coefficient (Wildman–Crippen LogP) is 2.89. The first-order valence-corrected chi connectivity index (χ1v) is 7.95. The van der Waals surface area contributed by atoms with Crippen molar-refractivity contribution in [2.75, 3.05) is 5.73 Å². The highest BCUT2D eigenvalue weighted by Crippen LogP contribution is 2.66. The van der Waals surface area contributed by atoms with Crippen LogP contribution in [0.25, 0.3) is 0 Å². The molecule has 4 aliphatic rings. The van der Waals surface area contributed by atoms with Gasteiger partial charge in [-0.25, -0.2) is 0 Å². The topological polar surface area (TPSA) is 38.0 Å². The molecule has 3 N–H and O–H groups in total. The number of aryl methyl sites for hydroxylation is 1. The molecule has 5 atom stereocenters. The molecule has 0 amide bonds. The Labute approximate surface area is 114 Å². The van der Waals surface area contributed by atoms with Crippen molar-refractivity contribution in [1.29, 1.82) is 0 Å². The molecule has 0 saturated heterocycles. The van der Waals surface area contributed by atoms with Crippen LogP contribution < -0.4 is 11.1 Å². The summed E-state index contributed by atoms with van der Waals surface area (Å²) in [6, 6.07) is 7.94. The largest absolute Gasteiger partial charge is 0.399 e. The van der Waals surface area contributed by atoms with Gasteiger partial charge in [0.25, 0.3) is 0 Å². The molecular formula is C17H22N2. The molecule has 0 aliphatic heterocycles. The first kappa shape index (κ1) is 10.7. The number of hydrogen-bond donors (Lipinski definition) is 2. The van der Waals surface area contributed by atoms with E-state index in [9.17, 15) is 0 Å². The van der Waals surface area contributed by atoms with Crippen LogP contribution >= 0.6 is 0 Å². The van der Waals surface area contributed by atoms with Crippen molar-refractivity contribution in [3.8, 4) is 0 Å². The van der Waals surface area contributed by atoms with Gasteiger partial charge in [0.2, 0.25) is 0 Å². The number of fused-ring (bicyclic) bond motifs is 6. The average molecular weight is 254 g/mol. The normalized spacial score (nSPS) is 45.3. The zero-order valence-electron chi connectivity index (χ0n) is 11.3. The van der Waals surface area contributed by atoms with Gasteiger partial charge in [-0.1, -0.05) is 6.07 Å². The van der Waals surface area contributed by atoms with E-state index < -0.39 is 0 Å². The van der Waals surface area contributed by atoms with E-state index >= 15 is 0 Å². The maximum Gasteiger partial charge on any atom is 0.0328 e. The molecule has 2 heteroatoms. The first-order chi connectivity index (χ1) is 9.31. The molecule has 19 heavy (non-hydrogen) atoms. The van der Waals surface area contributed by atoms with Crippen LogP contribution in [-0.2, 0) is 6.42 Å². The summed E-state index contributed by atoms with van der Waals surface area (Å²) in [7, 11) is 0. The molecule has 5 rings (SSSR count). The lowest BCUT2D eigenvalue weighted by molar-refractivity contribution is 0.420. The highest BCUT2D eigenvalue weighted by atomic mass is 15.0. The quantitative estimate of drug-likeness (QED) is 0.796. The van der Waals surface area contributed by atoms with Gasteiger partial charge in [-0.2, -0.15) is 0 Å². The second-order valence-electron chi connectivity index (χ2n) is 7.23. The van der Waals surface area contributed by atoms with Crippen LogP contribution in [0.4, 0.5) is 5.69 Å². The molecule has 2 nitrogen and oxygen atoms in total. The van der Waals surface area contributed by atoms with Crippen molar-refractivity contribution in [1.82, 2.24) is 5.32 Å². The number of rotatable bonds is 2. The van der Waals surface area contributed by atoms with E-state index in [2.05, 4.69) is 23.5 Å². The second-order valence-corrected chi connectivity index (χ2v) is 7.23. The number of benzene rings is 1. The minimum Gasteiger partial charge on any atom is -0.399 e. The third kappa shape index (κ3) is 1.41. The van der Waals surface area contributed by atoms with Gasteiger partial charge in [0.05, 0.1) is 0 Å². The molecule has 5 unspecified atom stereocenters. The van der Waals surface area contributed by atoms with Crippen molar-refractivity contribution in [3.05, 3.63) is 29.3 Å². The SMILES string of the molecule is Nc1ccc2c(c1)CCC2NC1C2C3CCC(C3)C12. The lowest BCUT2D eigenvalue weighted by Crippen LogP contribution is -2.26. The number of hydrogen-bond acceptors (Lipinski definition) is 2. The van der Waals surface area contributed by atoms with Crippen molar-refractivity contribution >= 4 is 5.69 Å². The Morgan fingerprint density at radius 2 is 1.84 bits per heavy atom. The van der Waals surface area contributed by atoms with Gasteiger partial charge in [0.15, 0.2) is 0 Å². The van der Waals surface area contributed by atoms with E-state index in [1.54, 1.807) is 6.42 Å². The Hall–Kier alpha value is -1.02. The summed E-state index contributed by atoms with van der Waals surface area (Å²) in [5.41, 5.74) is 9.80. The molecule has 1 aromatic carbocycles. The van der Waals surface area contributed by atoms with Crippen LogP contribution in [0.3, 0.4) is 0 Å². The number of anilines is 1. The Morgan fingerprint density at radius 3 is 2.63 bits per heavy atom. The minimum atomic E-state index is 0.602. The maximum atomic E-state index is 5.89. The van der Waals surface area contributed by atoms with Gasteiger partial charge in [0.1, 0.15) is 0 Å². The van der Waals surface area contributed by atoms with Crippen LogP contribution in [-0.4, -0.2) is 6.04 Å². The summed E-state index contributed by atoms with van der Waals surface area (Å²) in [6.45, 7) is 0. The average Bonchev–Trinajstić information content (AvgIpc) is 2.79. The molecule has 0 radical (unpaired) electrons. The highest BCUT2D eigenvalue weighted by molar-refractivity contribution is 5.48. The minimum absolute atomic E-state index is 0.602. The van der Waals surface area contributed by atoms with Crippen LogP contribution in [0.5, 0.6) is 0 Å². The van der Waals surface area contributed by atoms with Crippen molar-refractivity contribution in [2.45, 2.75) is 44.2 Å². The fraction of sp³-hybridized carbons (Fsp3) is 0.647. The molecule has 100 valence electrons. The zero-order valence-corrected chi connectivity index (χ0v) is 11.3. The van der Waals surface area contributed by atoms with Crippen LogP contribution in [0, 0.1) is 23.7 Å². The highest BCUT2D eigenvalue weighted by Gasteiger charge is 2.65. The van der Waals surface area contributed by atoms with Gasteiger partial charge >= 0.3 is 0 Å². The van der Waals surface area contributed by atoms with Gasteiger partial charge in [-0.05, 0) is 79.0 Å². The molecule has 3 fully saturated rings. The molecule has 1 aromatic rings. The Kier molecular flexibility index (Phi) is 2.00. The lowest BCUT2D eigenvalue weighted by atomic mass is 10.0. The van der Waals surface area contributed by atoms with Crippen LogP contribution in [0.15, 0.2) is 18.2 Å². The van der Waals surface area contributed by atoms with E-state index in [1.165, 1.54) is 36.8 Å². The fourth-order valence-electron chi connectivity index (χ4n) is 5.59. The van der Waals surface area contributed by atoms with Crippen molar-refractivity contribution in [3.63, 3.8) is 0 Å². The van der Waals surface area contributed by atoms with Gasteiger partial charge in [-0.15, -0.1) is 0 Å². The fourth-order valence-corrected chi connectivity index (χ4v) is 5.59. The van der Waals surface area contributed by atoms with Crippen molar-refractivity contribution in [2.24, 2.45) is 23.7 Å². The number of nitrogens with two attached hydrogens (primary N) is 1. The summed E-state index contributed by atoms with van der Waals surface area (Å²) >= 11 is 0. The first-order valence-electron chi connectivity index (χ1n) is 7.95. The summed E-state index contributed by atoms with van der Waals surface area (Å²) in [5, 5.41) is 3.99. The standard InChI is InChI=1S/C17H22N2/c18-12-4-5-13-9(8-12)3-6-14(13)19-17-15-10-1-2-11(7-10)16(15)17/h4-5,8,10-11,14-17,19H,1-3,6-7,18H2. The van der Waals surface area contributed by atoms with Gasteiger partial charge < -0.3 is 11.1 Å². The Bertz CT molecular complexity index is 522. The monoisotopic (exact) mass is 254 g/mol. The smallest absolute Gasteiger partial charge is 0.0328 e. The molecule has 0 aromatic heterocycles. The molecule has 0 heterocycles. The summed E-state index contributed by atoms with van der Waals surface area (Å²) in [5.74, 6) is 4.22. The third-order valence-electron chi connectivity index (χ3n) is 6.37. The van der Waals surface area contributed by atoms with Crippen LogP contribution in [0.2, 0.25) is 0 Å². The van der Waals surface area contributed by atoms with Gasteiger partial charge in [-0.3, -0.25) is 0 Å². The molecule has 3 saturated carbocycles. The number of nitrogen functional groups attached to an aromatic ring is 1. The number of nitrogens with one attached hydrogen (secondary N) is 1. The van der Waals surface area contributed by atoms with Gasteiger partial charge in [0, 0.05) is 17.8 Å². The van der Waals surface area contributed by atoms with E-state index in [0.717, 1.165) is 35.4 Å². The third-order valence-corrected chi connectivity index (χ3v) is 6.37. The van der Waals surface area contributed by atoms with Crippen molar-refractivity contribution < 1.29 is 0 Å². The summed E-state index contributed by atoms with van der Waals surface area (Å²) in [6.07, 6.45) is 7.05. The van der Waals surface area contributed by atoms with E-state index in [4.69, 9.17) is 5.73 Å². The second kappa shape index (κ2) is 3.54. The summed E-state index contributed by atoms with van der Waals surface area (Å²) in [4.78, 5) is 0. The molecule has 2 bridgehead atoms. The van der Waals surface area contributed by atoms with Crippen LogP contribution in [0.1, 0.15) is 42.9 Å². The Balaban J connectivity index is 1.35. The lowest BCUT2D eigenvalue weighted by Gasteiger charge is -2.17. The Morgan fingerprint density at radius 1 is 1.05 bits per heavy atom. The maximum absolute atomic E-state index is 5.89. The molecular weight excluding hydrogens is 232 g/mol. The van der Waals surface area contributed by atoms with E-state index in [1.807, 2.05) is 0 Å².